The molecular weight excluding hydrogens is 206 g/mol. The van der Waals surface area contributed by atoms with E-state index in [0.29, 0.717) is 18.5 Å². The van der Waals surface area contributed by atoms with Gasteiger partial charge in [0, 0.05) is 6.54 Å². The third kappa shape index (κ3) is 2.75. The quantitative estimate of drug-likeness (QED) is 0.672. The van der Waals surface area contributed by atoms with Crippen molar-refractivity contribution in [1.29, 1.82) is 0 Å². The van der Waals surface area contributed by atoms with Crippen LogP contribution in [0.2, 0.25) is 0 Å². The molecule has 0 bridgehead atoms. The Hall–Kier alpha value is -1.98. The van der Waals surface area contributed by atoms with Crippen molar-refractivity contribution in [2.45, 2.75) is 19.5 Å². The Bertz CT molecular complexity index is 395. The molecule has 1 unspecified atom stereocenters. The summed E-state index contributed by atoms with van der Waals surface area (Å²) in [5.74, 6) is 1.07. The third-order valence-electron chi connectivity index (χ3n) is 2.18. The van der Waals surface area contributed by atoms with Crippen molar-refractivity contribution < 1.29 is 4.42 Å². The monoisotopic (exact) mass is 221 g/mol. The maximum absolute atomic E-state index is 5.58. The standard InChI is InChI=1S/C10H15N5O/c1-7-13-9(11)15-10(14-7)12-4-2-8-3-5-16-6-8/h3,5-7H,2,4H2,1H3,(H4,11,12,13,14,15). The van der Waals surface area contributed by atoms with Gasteiger partial charge in [-0.1, -0.05) is 0 Å². The van der Waals surface area contributed by atoms with Gasteiger partial charge in [0.25, 0.3) is 0 Å². The molecule has 6 heteroatoms. The second-order valence-corrected chi connectivity index (χ2v) is 3.57. The second kappa shape index (κ2) is 4.69. The summed E-state index contributed by atoms with van der Waals surface area (Å²) in [4.78, 5) is 8.42. The van der Waals surface area contributed by atoms with Crippen molar-refractivity contribution >= 4 is 11.9 Å². The number of furan rings is 1. The van der Waals surface area contributed by atoms with Crippen LogP contribution in [-0.4, -0.2) is 24.6 Å². The summed E-state index contributed by atoms with van der Waals surface area (Å²) in [6.07, 6.45) is 4.19. The molecule has 0 amide bonds. The van der Waals surface area contributed by atoms with E-state index in [2.05, 4.69) is 20.6 Å². The van der Waals surface area contributed by atoms with Gasteiger partial charge in [-0.2, -0.15) is 0 Å². The molecule has 2 rings (SSSR count). The maximum Gasteiger partial charge on any atom is 0.199 e. The lowest BCUT2D eigenvalue weighted by Gasteiger charge is -2.20. The summed E-state index contributed by atoms with van der Waals surface area (Å²) < 4.78 is 4.97. The molecular formula is C10H15N5O. The molecule has 0 aromatic carbocycles. The largest absolute Gasteiger partial charge is 0.472 e. The zero-order chi connectivity index (χ0) is 11.4. The van der Waals surface area contributed by atoms with Crippen LogP contribution >= 0.6 is 0 Å². The van der Waals surface area contributed by atoms with E-state index < -0.39 is 0 Å². The zero-order valence-corrected chi connectivity index (χ0v) is 9.10. The Balaban J connectivity index is 1.86. The Morgan fingerprint density at radius 3 is 3.19 bits per heavy atom. The van der Waals surface area contributed by atoms with Gasteiger partial charge in [0.15, 0.2) is 11.9 Å². The topological polar surface area (TPSA) is 87.9 Å². The van der Waals surface area contributed by atoms with Crippen molar-refractivity contribution in [3.63, 3.8) is 0 Å². The fourth-order valence-electron chi connectivity index (χ4n) is 1.45. The van der Waals surface area contributed by atoms with Crippen LogP contribution in [0.1, 0.15) is 12.5 Å². The van der Waals surface area contributed by atoms with Gasteiger partial charge in [-0.15, -0.1) is 0 Å². The number of hydrogen-bond donors (Lipinski definition) is 3. The molecule has 0 spiro atoms. The van der Waals surface area contributed by atoms with Gasteiger partial charge < -0.3 is 15.5 Å². The summed E-state index contributed by atoms with van der Waals surface area (Å²) in [6.45, 7) is 2.59. The van der Waals surface area contributed by atoms with E-state index in [9.17, 15) is 0 Å². The Morgan fingerprint density at radius 1 is 1.62 bits per heavy atom. The molecule has 2 heterocycles. The van der Waals surface area contributed by atoms with Gasteiger partial charge in [-0.25, -0.2) is 4.99 Å². The number of guanidine groups is 2. The fraction of sp³-hybridized carbons (Fsp3) is 0.400. The van der Waals surface area contributed by atoms with Crippen LogP contribution in [0.4, 0.5) is 0 Å². The SMILES string of the molecule is CC1N=C(N)NC(=NCCc2ccoc2)N1. The molecule has 1 aliphatic heterocycles. The molecule has 1 atom stereocenters. The molecule has 1 aliphatic rings. The highest BCUT2D eigenvalue weighted by Gasteiger charge is 2.11. The molecule has 0 saturated heterocycles. The maximum atomic E-state index is 5.58. The van der Waals surface area contributed by atoms with Crippen LogP contribution in [0.25, 0.3) is 0 Å². The Labute approximate surface area is 93.6 Å². The van der Waals surface area contributed by atoms with E-state index in [4.69, 9.17) is 10.2 Å². The van der Waals surface area contributed by atoms with E-state index in [-0.39, 0.29) is 6.17 Å². The highest BCUT2D eigenvalue weighted by Crippen LogP contribution is 2.00. The van der Waals surface area contributed by atoms with Crippen LogP contribution in [0.3, 0.4) is 0 Å². The summed E-state index contributed by atoms with van der Waals surface area (Å²) in [5, 5.41) is 5.94. The van der Waals surface area contributed by atoms with Crippen molar-refractivity contribution in [3.8, 4) is 0 Å². The normalized spacial score (nSPS) is 22.4. The van der Waals surface area contributed by atoms with Crippen molar-refractivity contribution in [3.05, 3.63) is 24.2 Å². The zero-order valence-electron chi connectivity index (χ0n) is 9.10. The van der Waals surface area contributed by atoms with Crippen molar-refractivity contribution in [1.82, 2.24) is 10.6 Å². The average Bonchev–Trinajstić information content (AvgIpc) is 2.69. The van der Waals surface area contributed by atoms with Crippen molar-refractivity contribution in [2.24, 2.45) is 15.7 Å². The number of hydrogen-bond acceptors (Lipinski definition) is 4. The lowest BCUT2D eigenvalue weighted by atomic mass is 10.2. The van der Waals surface area contributed by atoms with Gasteiger partial charge in [0.2, 0.25) is 0 Å². The lowest BCUT2D eigenvalue weighted by molar-refractivity contribution is 0.564. The number of nitrogens with one attached hydrogen (secondary N) is 2. The summed E-state index contributed by atoms with van der Waals surface area (Å²) in [5.41, 5.74) is 6.72. The number of nitrogens with two attached hydrogens (primary N) is 1. The van der Waals surface area contributed by atoms with Crippen LogP contribution in [-0.2, 0) is 6.42 Å². The molecule has 0 radical (unpaired) electrons. The lowest BCUT2D eigenvalue weighted by Crippen LogP contribution is -2.52. The minimum absolute atomic E-state index is 0.0334. The number of rotatable bonds is 3. The average molecular weight is 221 g/mol. The predicted molar refractivity (Wildman–Crippen MR) is 62.1 cm³/mol. The van der Waals surface area contributed by atoms with Gasteiger partial charge >= 0.3 is 0 Å². The molecule has 86 valence electrons. The smallest absolute Gasteiger partial charge is 0.199 e. The molecule has 16 heavy (non-hydrogen) atoms. The van der Waals surface area contributed by atoms with E-state index in [1.807, 2.05) is 13.0 Å². The van der Waals surface area contributed by atoms with E-state index in [0.717, 1.165) is 12.0 Å². The Morgan fingerprint density at radius 2 is 2.50 bits per heavy atom. The molecule has 0 fully saturated rings. The highest BCUT2D eigenvalue weighted by molar-refractivity contribution is 5.99. The highest BCUT2D eigenvalue weighted by atomic mass is 16.3. The predicted octanol–water partition coefficient (Wildman–Crippen LogP) is 0.0316. The first-order chi connectivity index (χ1) is 7.74. The van der Waals surface area contributed by atoms with E-state index >= 15 is 0 Å². The van der Waals surface area contributed by atoms with Gasteiger partial charge in [-0.3, -0.25) is 10.3 Å². The molecule has 0 aliphatic carbocycles. The van der Waals surface area contributed by atoms with Gasteiger partial charge in [0.05, 0.1) is 12.5 Å². The fourth-order valence-corrected chi connectivity index (χ4v) is 1.45. The summed E-state index contributed by atoms with van der Waals surface area (Å²) in [7, 11) is 0. The van der Waals surface area contributed by atoms with Crippen LogP contribution in [0.5, 0.6) is 0 Å². The van der Waals surface area contributed by atoms with Crippen LogP contribution in [0.15, 0.2) is 33.0 Å². The summed E-state index contributed by atoms with van der Waals surface area (Å²) in [6, 6.07) is 1.93. The first kappa shape index (κ1) is 10.5. The third-order valence-corrected chi connectivity index (χ3v) is 2.18. The van der Waals surface area contributed by atoms with E-state index in [1.54, 1.807) is 12.5 Å². The molecule has 6 nitrogen and oxygen atoms in total. The van der Waals surface area contributed by atoms with Crippen molar-refractivity contribution in [2.75, 3.05) is 6.54 Å². The summed E-state index contributed by atoms with van der Waals surface area (Å²) >= 11 is 0. The molecule has 1 aromatic rings. The molecule has 1 aromatic heterocycles. The first-order valence-corrected chi connectivity index (χ1v) is 5.16. The molecule has 4 N–H and O–H groups in total. The minimum atomic E-state index is -0.0334. The minimum Gasteiger partial charge on any atom is -0.472 e. The van der Waals surface area contributed by atoms with Gasteiger partial charge in [0.1, 0.15) is 6.17 Å². The number of nitrogens with zero attached hydrogens (tertiary/aromatic N) is 2. The first-order valence-electron chi connectivity index (χ1n) is 5.16. The van der Waals surface area contributed by atoms with E-state index in [1.165, 1.54) is 0 Å². The van der Waals surface area contributed by atoms with Crippen LogP contribution < -0.4 is 16.4 Å². The van der Waals surface area contributed by atoms with Gasteiger partial charge in [-0.05, 0) is 25.0 Å². The number of aliphatic imine (C=N–C) groups is 2. The second-order valence-electron chi connectivity index (χ2n) is 3.57. The molecule has 0 saturated carbocycles. The Kier molecular flexibility index (Phi) is 3.09. The van der Waals surface area contributed by atoms with Crippen LogP contribution in [0, 0.1) is 0 Å².